The van der Waals surface area contributed by atoms with Crippen LogP contribution in [0.1, 0.15) is 0 Å². The van der Waals surface area contributed by atoms with Gasteiger partial charge in [0.15, 0.2) is 5.82 Å². The normalized spacial score (nSPS) is 10.8. The van der Waals surface area contributed by atoms with Gasteiger partial charge in [0.2, 0.25) is 0 Å². The number of halogens is 3. The standard InChI is InChI=1S/C14H9Br2FN4/c15-8-1-3-10(11(17)5-8)14-12(18)7-21(20-14)13-4-2-9(16)6-19-13/h1-7H,18H2. The van der Waals surface area contributed by atoms with Gasteiger partial charge < -0.3 is 5.73 Å². The lowest BCUT2D eigenvalue weighted by atomic mass is 10.1. The molecule has 0 spiro atoms. The molecule has 7 heteroatoms. The van der Waals surface area contributed by atoms with Crippen molar-refractivity contribution in [2.24, 2.45) is 0 Å². The Balaban J connectivity index is 2.07. The highest BCUT2D eigenvalue weighted by Crippen LogP contribution is 2.29. The lowest BCUT2D eigenvalue weighted by Crippen LogP contribution is -1.98. The predicted octanol–water partition coefficient (Wildman–Crippen LogP) is 4.18. The summed E-state index contributed by atoms with van der Waals surface area (Å²) in [5.41, 5.74) is 7.09. The molecular formula is C14H9Br2FN4. The molecule has 1 aromatic carbocycles. The molecular weight excluding hydrogens is 403 g/mol. The molecule has 0 saturated carbocycles. The van der Waals surface area contributed by atoms with Gasteiger partial charge in [-0.3, -0.25) is 0 Å². The Hall–Kier alpha value is -1.73. The van der Waals surface area contributed by atoms with Gasteiger partial charge in [0.1, 0.15) is 11.5 Å². The van der Waals surface area contributed by atoms with Gasteiger partial charge in [-0.25, -0.2) is 14.1 Å². The molecule has 0 radical (unpaired) electrons. The number of aromatic nitrogens is 3. The molecule has 0 aliphatic heterocycles. The maximum Gasteiger partial charge on any atom is 0.153 e. The molecule has 2 N–H and O–H groups in total. The summed E-state index contributed by atoms with van der Waals surface area (Å²) in [6, 6.07) is 8.40. The fraction of sp³-hybridized carbons (Fsp3) is 0. The SMILES string of the molecule is Nc1cn(-c2ccc(Br)cn2)nc1-c1ccc(Br)cc1F. The first-order valence-corrected chi connectivity index (χ1v) is 7.55. The van der Waals surface area contributed by atoms with E-state index in [0.29, 0.717) is 27.2 Å². The van der Waals surface area contributed by atoms with Crippen LogP contribution in [0.4, 0.5) is 10.1 Å². The highest BCUT2D eigenvalue weighted by molar-refractivity contribution is 9.10. The van der Waals surface area contributed by atoms with Gasteiger partial charge in [-0.05, 0) is 46.3 Å². The summed E-state index contributed by atoms with van der Waals surface area (Å²) in [4.78, 5) is 4.23. The molecule has 3 aromatic rings. The Kier molecular flexibility index (Phi) is 3.77. The second-order valence-electron chi connectivity index (χ2n) is 4.34. The molecule has 21 heavy (non-hydrogen) atoms. The van der Waals surface area contributed by atoms with Gasteiger partial charge in [-0.15, -0.1) is 0 Å². The van der Waals surface area contributed by atoms with Crippen molar-refractivity contribution in [2.45, 2.75) is 0 Å². The number of anilines is 1. The quantitative estimate of drug-likeness (QED) is 0.688. The smallest absolute Gasteiger partial charge is 0.153 e. The van der Waals surface area contributed by atoms with Crippen molar-refractivity contribution in [3.05, 3.63) is 57.5 Å². The van der Waals surface area contributed by atoms with Gasteiger partial charge in [0.05, 0.1) is 11.9 Å². The van der Waals surface area contributed by atoms with E-state index in [1.807, 2.05) is 6.07 Å². The molecule has 4 nitrogen and oxygen atoms in total. The topological polar surface area (TPSA) is 56.7 Å². The van der Waals surface area contributed by atoms with E-state index in [4.69, 9.17) is 5.73 Å². The number of rotatable bonds is 2. The summed E-state index contributed by atoms with van der Waals surface area (Å²) >= 11 is 6.54. The molecule has 106 valence electrons. The minimum Gasteiger partial charge on any atom is -0.396 e. The van der Waals surface area contributed by atoms with Crippen molar-refractivity contribution in [3.63, 3.8) is 0 Å². The van der Waals surface area contributed by atoms with Crippen molar-refractivity contribution in [2.75, 3.05) is 5.73 Å². The van der Waals surface area contributed by atoms with E-state index in [1.165, 1.54) is 10.7 Å². The van der Waals surface area contributed by atoms with Crippen LogP contribution in [0.15, 0.2) is 51.7 Å². The van der Waals surface area contributed by atoms with Crippen molar-refractivity contribution >= 4 is 37.5 Å². The highest BCUT2D eigenvalue weighted by atomic mass is 79.9. The number of benzene rings is 1. The summed E-state index contributed by atoms with van der Waals surface area (Å²) in [7, 11) is 0. The Morgan fingerprint density at radius 2 is 1.86 bits per heavy atom. The fourth-order valence-electron chi connectivity index (χ4n) is 1.90. The number of hydrogen-bond donors (Lipinski definition) is 1. The Bertz CT molecular complexity index is 799. The zero-order valence-electron chi connectivity index (χ0n) is 10.6. The van der Waals surface area contributed by atoms with Crippen molar-refractivity contribution in [1.29, 1.82) is 0 Å². The van der Waals surface area contributed by atoms with E-state index < -0.39 is 0 Å². The van der Waals surface area contributed by atoms with Gasteiger partial charge in [-0.1, -0.05) is 15.9 Å². The lowest BCUT2D eigenvalue weighted by molar-refractivity contribution is 0.629. The molecule has 0 aliphatic carbocycles. The molecule has 0 saturated heterocycles. The number of pyridine rings is 1. The zero-order chi connectivity index (χ0) is 15.0. The van der Waals surface area contributed by atoms with Crippen LogP contribution in [0.5, 0.6) is 0 Å². The number of hydrogen-bond acceptors (Lipinski definition) is 3. The molecule has 0 aliphatic rings. The lowest BCUT2D eigenvalue weighted by Gasteiger charge is -2.02. The third kappa shape index (κ3) is 2.84. The monoisotopic (exact) mass is 410 g/mol. The average Bonchev–Trinajstić information content (AvgIpc) is 2.81. The van der Waals surface area contributed by atoms with Crippen molar-refractivity contribution in [3.8, 4) is 17.1 Å². The van der Waals surface area contributed by atoms with Crippen LogP contribution < -0.4 is 5.73 Å². The molecule has 0 bridgehead atoms. The maximum absolute atomic E-state index is 14.0. The third-order valence-electron chi connectivity index (χ3n) is 2.88. The minimum absolute atomic E-state index is 0.353. The Morgan fingerprint density at radius 3 is 2.52 bits per heavy atom. The molecule has 2 aromatic heterocycles. The second kappa shape index (κ2) is 5.57. The highest BCUT2D eigenvalue weighted by Gasteiger charge is 2.14. The van der Waals surface area contributed by atoms with E-state index in [0.717, 1.165) is 4.47 Å². The number of nitrogens with two attached hydrogens (primary N) is 1. The van der Waals surface area contributed by atoms with E-state index in [-0.39, 0.29) is 5.82 Å². The Labute approximate surface area is 137 Å². The van der Waals surface area contributed by atoms with Gasteiger partial charge in [-0.2, -0.15) is 5.10 Å². The maximum atomic E-state index is 14.0. The van der Waals surface area contributed by atoms with Crippen LogP contribution in [0.3, 0.4) is 0 Å². The van der Waals surface area contributed by atoms with E-state index in [9.17, 15) is 4.39 Å². The van der Waals surface area contributed by atoms with Gasteiger partial charge in [0, 0.05) is 20.7 Å². The van der Waals surface area contributed by atoms with E-state index in [1.54, 1.807) is 30.6 Å². The first-order valence-electron chi connectivity index (χ1n) is 5.97. The largest absolute Gasteiger partial charge is 0.396 e. The van der Waals surface area contributed by atoms with Gasteiger partial charge >= 0.3 is 0 Å². The summed E-state index contributed by atoms with van der Waals surface area (Å²) in [6.07, 6.45) is 3.28. The van der Waals surface area contributed by atoms with Crippen LogP contribution in [-0.2, 0) is 0 Å². The molecule has 0 unspecified atom stereocenters. The van der Waals surface area contributed by atoms with E-state index in [2.05, 4.69) is 41.9 Å². The number of nitrogen functional groups attached to an aromatic ring is 1. The van der Waals surface area contributed by atoms with E-state index >= 15 is 0 Å². The second-order valence-corrected chi connectivity index (χ2v) is 6.17. The fourth-order valence-corrected chi connectivity index (χ4v) is 2.47. The summed E-state index contributed by atoms with van der Waals surface area (Å²) in [5.74, 6) is 0.221. The minimum atomic E-state index is -0.384. The molecule has 2 heterocycles. The number of nitrogens with zero attached hydrogens (tertiary/aromatic N) is 3. The predicted molar refractivity (Wildman–Crippen MR) is 86.6 cm³/mol. The van der Waals surface area contributed by atoms with Crippen molar-refractivity contribution in [1.82, 2.24) is 14.8 Å². The molecule has 3 rings (SSSR count). The summed E-state index contributed by atoms with van der Waals surface area (Å²) in [6.45, 7) is 0. The summed E-state index contributed by atoms with van der Waals surface area (Å²) in [5, 5.41) is 4.33. The Morgan fingerprint density at radius 1 is 1.10 bits per heavy atom. The molecule has 0 fully saturated rings. The third-order valence-corrected chi connectivity index (χ3v) is 3.84. The first-order chi connectivity index (χ1) is 10.0. The molecule has 0 atom stereocenters. The van der Waals surface area contributed by atoms with Gasteiger partial charge in [0.25, 0.3) is 0 Å². The summed E-state index contributed by atoms with van der Waals surface area (Å²) < 4.78 is 17.1. The molecule has 0 amide bonds. The average molecular weight is 412 g/mol. The van der Waals surface area contributed by atoms with Crippen LogP contribution >= 0.6 is 31.9 Å². The van der Waals surface area contributed by atoms with Crippen LogP contribution in [0.25, 0.3) is 17.1 Å². The van der Waals surface area contributed by atoms with Crippen LogP contribution in [0.2, 0.25) is 0 Å². The van der Waals surface area contributed by atoms with Crippen molar-refractivity contribution < 1.29 is 4.39 Å². The van der Waals surface area contributed by atoms with Crippen LogP contribution in [0, 0.1) is 5.82 Å². The van der Waals surface area contributed by atoms with Crippen LogP contribution in [-0.4, -0.2) is 14.8 Å². The zero-order valence-corrected chi connectivity index (χ0v) is 13.8. The first kappa shape index (κ1) is 14.2.